The lowest BCUT2D eigenvalue weighted by molar-refractivity contribution is 1.13. The van der Waals surface area contributed by atoms with Crippen LogP contribution in [0, 0.1) is 6.92 Å². The van der Waals surface area contributed by atoms with Crippen LogP contribution in [-0.4, -0.2) is 18.0 Å². The highest BCUT2D eigenvalue weighted by molar-refractivity contribution is 8.01. The van der Waals surface area contributed by atoms with E-state index in [4.69, 9.17) is 5.48 Å². The SMILES string of the molecule is [2H]c1c([2H])c2c3c(c1[2H])c1c([2H])c([2H])c([2H])c4c1n3-c1c3c(c(C)c5c1B4c1ccccc1S5)Sc1ccccc1B32. The van der Waals surface area contributed by atoms with Gasteiger partial charge in [0.1, 0.15) is 0 Å². The van der Waals surface area contributed by atoms with Crippen LogP contribution in [0.5, 0.6) is 0 Å². The van der Waals surface area contributed by atoms with Crippen molar-refractivity contribution < 1.29 is 8.22 Å². The van der Waals surface area contributed by atoms with Crippen LogP contribution in [0.25, 0.3) is 27.5 Å². The summed E-state index contributed by atoms with van der Waals surface area (Å²) in [6, 6.07) is 16.2. The number of hydrogen-bond acceptors (Lipinski definition) is 2. The van der Waals surface area contributed by atoms with E-state index in [1.54, 1.807) is 23.5 Å². The van der Waals surface area contributed by atoms with Crippen molar-refractivity contribution in [1.29, 1.82) is 0 Å². The Kier molecular flexibility index (Phi) is 2.48. The molecule has 0 unspecified atom stereocenters. The lowest BCUT2D eigenvalue weighted by Crippen LogP contribution is -2.66. The molecule has 10 rings (SSSR count). The number of hydrogen-bond donors (Lipinski definition) is 0. The van der Waals surface area contributed by atoms with E-state index < -0.39 is 0 Å². The third-order valence-corrected chi connectivity index (χ3v) is 11.0. The summed E-state index contributed by atoms with van der Waals surface area (Å²) in [5, 5.41) is 0.912. The molecule has 0 bridgehead atoms. The molecule has 0 radical (unpaired) electrons. The van der Waals surface area contributed by atoms with Gasteiger partial charge >= 0.3 is 0 Å². The van der Waals surface area contributed by atoms with Crippen LogP contribution < -0.4 is 32.8 Å². The number of nitrogens with zero attached hydrogens (tertiary/aromatic N) is 1. The molecule has 36 heavy (non-hydrogen) atoms. The number of benzene rings is 5. The zero-order chi connectivity index (χ0) is 28.5. The number of aromatic nitrogens is 1. The molecule has 0 aliphatic carbocycles. The van der Waals surface area contributed by atoms with Gasteiger partial charge in [0.05, 0.1) is 8.22 Å². The molecule has 4 aliphatic rings. The van der Waals surface area contributed by atoms with Gasteiger partial charge in [0.15, 0.2) is 0 Å². The van der Waals surface area contributed by atoms with Crippen LogP contribution in [0.2, 0.25) is 0 Å². The summed E-state index contributed by atoms with van der Waals surface area (Å²) in [6.07, 6.45) is 0. The van der Waals surface area contributed by atoms with Gasteiger partial charge in [-0.1, -0.05) is 107 Å². The zero-order valence-electron chi connectivity index (χ0n) is 25.0. The third-order valence-electron chi connectivity index (χ3n) is 8.39. The van der Waals surface area contributed by atoms with Crippen LogP contribution >= 0.6 is 23.5 Å². The molecule has 0 saturated carbocycles. The molecule has 0 saturated heterocycles. The van der Waals surface area contributed by atoms with Crippen LogP contribution in [0.3, 0.4) is 0 Å². The second-order valence-corrected chi connectivity index (χ2v) is 12.1. The summed E-state index contributed by atoms with van der Waals surface area (Å²) >= 11 is 3.52. The smallest absolute Gasteiger partial charge is 0.249 e. The lowest BCUT2D eigenvalue weighted by atomic mass is 9.31. The molecule has 1 nitrogen and oxygen atoms in total. The molecule has 1 aromatic heterocycles. The van der Waals surface area contributed by atoms with Crippen molar-refractivity contribution in [3.8, 4) is 5.69 Å². The van der Waals surface area contributed by atoms with Gasteiger partial charge in [0.25, 0.3) is 0 Å². The molecule has 5 heteroatoms. The van der Waals surface area contributed by atoms with Gasteiger partial charge in [-0.05, 0) is 46.5 Å². The van der Waals surface area contributed by atoms with Gasteiger partial charge in [0, 0.05) is 47.1 Å². The van der Waals surface area contributed by atoms with Gasteiger partial charge in [0.2, 0.25) is 13.4 Å². The molecule has 164 valence electrons. The van der Waals surface area contributed by atoms with E-state index in [1.807, 2.05) is 24.3 Å². The Labute approximate surface area is 226 Å². The Hall–Kier alpha value is -3.27. The highest BCUT2D eigenvalue weighted by Crippen LogP contribution is 2.45. The third kappa shape index (κ3) is 1.93. The minimum absolute atomic E-state index is 0.0392. The Bertz CT molecular complexity index is 2210. The maximum absolute atomic E-state index is 9.27. The fourth-order valence-electron chi connectivity index (χ4n) is 7.07. The first-order valence-corrected chi connectivity index (χ1v) is 13.8. The van der Waals surface area contributed by atoms with Crippen LogP contribution in [0.1, 0.15) is 13.8 Å². The normalized spacial score (nSPS) is 17.4. The van der Waals surface area contributed by atoms with E-state index in [1.165, 1.54) is 5.56 Å². The largest absolute Gasteiger partial charge is 0.311 e. The van der Waals surface area contributed by atoms with E-state index in [0.717, 1.165) is 47.1 Å². The van der Waals surface area contributed by atoms with Crippen LogP contribution in [-0.2, 0) is 0 Å². The van der Waals surface area contributed by atoms with Gasteiger partial charge in [-0.2, -0.15) is 0 Å². The first-order valence-electron chi connectivity index (χ1n) is 15.1. The summed E-state index contributed by atoms with van der Waals surface area (Å²) in [5.74, 6) is 0. The molecule has 0 spiro atoms. The van der Waals surface area contributed by atoms with Crippen molar-refractivity contribution in [1.82, 2.24) is 4.57 Å². The summed E-state index contributed by atoms with van der Waals surface area (Å²) in [5.41, 5.74) is 9.39. The number of para-hydroxylation sites is 2. The number of fused-ring (bicyclic) bond motifs is 7. The first kappa shape index (κ1) is 14.5. The average Bonchev–Trinajstić information content (AvgIpc) is 3.36. The van der Waals surface area contributed by atoms with E-state index >= 15 is 0 Å². The summed E-state index contributed by atoms with van der Waals surface area (Å²) in [6.45, 7) is 1.59. The van der Waals surface area contributed by atoms with Crippen molar-refractivity contribution in [2.75, 3.05) is 0 Å². The van der Waals surface area contributed by atoms with Crippen LogP contribution in [0.15, 0.2) is 104 Å². The van der Waals surface area contributed by atoms with Gasteiger partial charge in [-0.25, -0.2) is 0 Å². The number of rotatable bonds is 0. The summed E-state index contributed by atoms with van der Waals surface area (Å²) < 4.78 is 56.8. The molecule has 0 amide bonds. The topological polar surface area (TPSA) is 4.93 Å². The molecule has 5 aromatic carbocycles. The Morgan fingerprint density at radius 3 is 1.69 bits per heavy atom. The quantitative estimate of drug-likeness (QED) is 0.296. The molecular formula is C31H17B2NS2. The van der Waals surface area contributed by atoms with Crippen molar-refractivity contribution in [3.63, 3.8) is 0 Å². The summed E-state index contributed by atoms with van der Waals surface area (Å²) in [4.78, 5) is 4.58. The van der Waals surface area contributed by atoms with E-state index in [2.05, 4.69) is 35.8 Å². The highest BCUT2D eigenvalue weighted by Gasteiger charge is 2.48. The summed E-state index contributed by atoms with van der Waals surface area (Å²) in [7, 11) is 0. The minimum Gasteiger partial charge on any atom is -0.311 e. The van der Waals surface area contributed by atoms with Crippen molar-refractivity contribution in [2.24, 2.45) is 0 Å². The second kappa shape index (κ2) is 6.16. The van der Waals surface area contributed by atoms with Crippen molar-refractivity contribution in [3.05, 3.63) is 90.3 Å². The lowest BCUT2D eigenvalue weighted by Gasteiger charge is -2.41. The molecule has 4 aliphatic heterocycles. The molecule has 0 N–H and O–H groups in total. The standard InChI is InChI=1S/C31H17B2NS2/c1-16-30-25-29-26-31(16)36-24-15-5-3-11-20(24)33(26)22-13-7-9-18-17-8-6-12-21(27(17)34(29)28(18)22)32(25)19-10-2-4-14-23(19)35-30/h2-15H,1H3/i6D,7D,8D,9D,12D,13D. The second-order valence-electron chi connectivity index (χ2n) is 9.96. The predicted octanol–water partition coefficient (Wildman–Crippen LogP) is 3.68. The van der Waals surface area contributed by atoms with Gasteiger partial charge in [-0.3, -0.25) is 0 Å². The fourth-order valence-corrected chi connectivity index (χ4v) is 9.63. The van der Waals surface area contributed by atoms with E-state index in [-0.39, 0.29) is 49.7 Å². The minimum atomic E-state index is -0.294. The predicted molar refractivity (Wildman–Crippen MR) is 156 cm³/mol. The highest BCUT2D eigenvalue weighted by atomic mass is 32.2. The van der Waals surface area contributed by atoms with Gasteiger partial charge in [-0.15, -0.1) is 0 Å². The fraction of sp³-hybridized carbons (Fsp3) is 0.0323. The zero-order valence-corrected chi connectivity index (χ0v) is 20.7. The first-order chi connectivity index (χ1) is 20.3. The van der Waals surface area contributed by atoms with E-state index in [0.29, 0.717) is 32.7 Å². The molecule has 0 fully saturated rings. The average molecular weight is 495 g/mol. The monoisotopic (exact) mass is 495 g/mol. The maximum atomic E-state index is 9.27. The molecule has 0 atom stereocenters. The van der Waals surface area contributed by atoms with Gasteiger partial charge < -0.3 is 4.57 Å². The molecular weight excluding hydrogens is 472 g/mol. The molecule has 5 heterocycles. The van der Waals surface area contributed by atoms with Crippen molar-refractivity contribution >= 4 is 91.5 Å². The van der Waals surface area contributed by atoms with Crippen LogP contribution in [0.4, 0.5) is 0 Å². The maximum Gasteiger partial charge on any atom is 0.249 e. The van der Waals surface area contributed by atoms with Crippen molar-refractivity contribution in [2.45, 2.75) is 26.5 Å². The Balaban J connectivity index is 1.58. The van der Waals surface area contributed by atoms with E-state index in [9.17, 15) is 2.74 Å². The Morgan fingerprint density at radius 1 is 0.667 bits per heavy atom. The molecule has 6 aromatic rings. The Morgan fingerprint density at radius 2 is 1.17 bits per heavy atom.